The summed E-state index contributed by atoms with van der Waals surface area (Å²) in [7, 11) is 0. The summed E-state index contributed by atoms with van der Waals surface area (Å²) in [4.78, 5) is 0. The predicted octanol–water partition coefficient (Wildman–Crippen LogP) is 0.963. The predicted molar refractivity (Wildman–Crippen MR) is 45.1 cm³/mol. The summed E-state index contributed by atoms with van der Waals surface area (Å²) < 4.78 is 5.21. The van der Waals surface area contributed by atoms with Crippen molar-refractivity contribution in [2.45, 2.75) is 20.0 Å². The molecule has 0 heterocycles. The van der Waals surface area contributed by atoms with Crippen molar-refractivity contribution in [2.75, 3.05) is 13.2 Å². The van der Waals surface area contributed by atoms with Crippen LogP contribution in [0.15, 0.2) is 12.2 Å². The van der Waals surface area contributed by atoms with E-state index in [2.05, 4.69) is 11.8 Å². The molecule has 0 aromatic heterocycles. The van der Waals surface area contributed by atoms with Crippen LogP contribution in [0.1, 0.15) is 13.8 Å². The van der Waals surface area contributed by atoms with Crippen LogP contribution in [0, 0.1) is 11.8 Å². The largest absolute Gasteiger partial charge is 0.392 e. The average Bonchev–Trinajstić information content (AvgIpc) is 2.01. The van der Waals surface area contributed by atoms with Crippen molar-refractivity contribution >= 4 is 0 Å². The van der Waals surface area contributed by atoms with E-state index < -0.39 is 0 Å². The summed E-state index contributed by atoms with van der Waals surface area (Å²) in [6.45, 7) is 4.20. The minimum Gasteiger partial charge on any atom is -0.392 e. The Morgan fingerprint density at radius 1 is 1.64 bits per heavy atom. The van der Waals surface area contributed by atoms with Crippen LogP contribution < -0.4 is 0 Å². The highest BCUT2D eigenvalue weighted by Gasteiger charge is 1.91. The Kier molecular flexibility index (Phi) is 6.81. The van der Waals surface area contributed by atoms with E-state index in [0.29, 0.717) is 6.61 Å². The van der Waals surface area contributed by atoms with Crippen LogP contribution in [0.2, 0.25) is 0 Å². The van der Waals surface area contributed by atoms with Crippen LogP contribution >= 0.6 is 0 Å². The molecule has 0 fully saturated rings. The molecule has 62 valence electrons. The molecule has 0 aliphatic rings. The first-order valence-electron chi connectivity index (χ1n) is 3.60. The maximum absolute atomic E-state index is 8.42. The zero-order valence-electron chi connectivity index (χ0n) is 7.00. The van der Waals surface area contributed by atoms with Crippen LogP contribution in [0.4, 0.5) is 0 Å². The Hall–Kier alpha value is -0.780. The van der Waals surface area contributed by atoms with E-state index in [1.807, 2.05) is 6.92 Å². The zero-order valence-corrected chi connectivity index (χ0v) is 7.00. The van der Waals surface area contributed by atoms with Gasteiger partial charge in [0, 0.05) is 0 Å². The van der Waals surface area contributed by atoms with Gasteiger partial charge in [0.2, 0.25) is 0 Å². The van der Waals surface area contributed by atoms with E-state index in [4.69, 9.17) is 9.84 Å². The lowest BCUT2D eigenvalue weighted by Gasteiger charge is -2.03. The van der Waals surface area contributed by atoms with E-state index in [0.717, 1.165) is 0 Å². The molecule has 0 aliphatic heterocycles. The van der Waals surface area contributed by atoms with Gasteiger partial charge in [0.25, 0.3) is 0 Å². The average molecular weight is 154 g/mol. The van der Waals surface area contributed by atoms with Crippen LogP contribution in [-0.2, 0) is 4.74 Å². The molecule has 2 nitrogen and oxygen atoms in total. The van der Waals surface area contributed by atoms with Crippen molar-refractivity contribution in [2.24, 2.45) is 0 Å². The fraction of sp³-hybridized carbons (Fsp3) is 0.556. The van der Waals surface area contributed by atoms with Crippen molar-refractivity contribution in [3.8, 4) is 11.8 Å². The Balaban J connectivity index is 3.41. The molecule has 0 saturated carbocycles. The second kappa shape index (κ2) is 7.33. The number of hydrogen-bond donors (Lipinski definition) is 1. The summed E-state index contributed by atoms with van der Waals surface area (Å²) in [6, 6.07) is 0. The van der Waals surface area contributed by atoms with Crippen molar-refractivity contribution in [1.29, 1.82) is 0 Å². The SMILES string of the molecule is CC#CCO[C@H](C)/C=C/CO. The highest BCUT2D eigenvalue weighted by molar-refractivity contribution is 4.96. The molecular formula is C9H14O2. The van der Waals surface area contributed by atoms with Gasteiger partial charge in [0.1, 0.15) is 6.61 Å². The molecule has 2 heteroatoms. The van der Waals surface area contributed by atoms with Gasteiger partial charge >= 0.3 is 0 Å². The third-order valence-corrected chi connectivity index (χ3v) is 1.11. The molecule has 0 aromatic rings. The van der Waals surface area contributed by atoms with Gasteiger partial charge in [-0.15, -0.1) is 5.92 Å². The molecular weight excluding hydrogens is 140 g/mol. The Morgan fingerprint density at radius 3 is 2.91 bits per heavy atom. The van der Waals surface area contributed by atoms with Crippen molar-refractivity contribution < 1.29 is 9.84 Å². The molecule has 0 bridgehead atoms. The van der Waals surface area contributed by atoms with Gasteiger partial charge in [-0.3, -0.25) is 0 Å². The van der Waals surface area contributed by atoms with E-state index in [-0.39, 0.29) is 12.7 Å². The summed E-state index contributed by atoms with van der Waals surface area (Å²) >= 11 is 0. The molecule has 0 rings (SSSR count). The third-order valence-electron chi connectivity index (χ3n) is 1.11. The molecule has 0 unspecified atom stereocenters. The van der Waals surface area contributed by atoms with Gasteiger partial charge in [-0.2, -0.15) is 0 Å². The molecule has 0 saturated heterocycles. The van der Waals surface area contributed by atoms with E-state index in [9.17, 15) is 0 Å². The maximum atomic E-state index is 8.42. The van der Waals surface area contributed by atoms with Gasteiger partial charge < -0.3 is 9.84 Å². The highest BCUT2D eigenvalue weighted by atomic mass is 16.5. The zero-order chi connectivity index (χ0) is 8.53. The minimum atomic E-state index is 0.0306. The maximum Gasteiger partial charge on any atom is 0.108 e. The van der Waals surface area contributed by atoms with Crippen molar-refractivity contribution in [1.82, 2.24) is 0 Å². The summed E-state index contributed by atoms with van der Waals surface area (Å²) in [5, 5.41) is 8.42. The van der Waals surface area contributed by atoms with E-state index >= 15 is 0 Å². The van der Waals surface area contributed by atoms with Gasteiger partial charge in [-0.1, -0.05) is 18.1 Å². The lowest BCUT2D eigenvalue weighted by Crippen LogP contribution is -2.04. The fourth-order valence-electron chi connectivity index (χ4n) is 0.553. The lowest BCUT2D eigenvalue weighted by atomic mass is 10.3. The van der Waals surface area contributed by atoms with Gasteiger partial charge in [-0.25, -0.2) is 0 Å². The molecule has 0 aromatic carbocycles. The van der Waals surface area contributed by atoms with Crippen LogP contribution in [0.3, 0.4) is 0 Å². The van der Waals surface area contributed by atoms with Crippen molar-refractivity contribution in [3.05, 3.63) is 12.2 Å². The molecule has 1 N–H and O–H groups in total. The lowest BCUT2D eigenvalue weighted by molar-refractivity contribution is 0.127. The standard InChI is InChI=1S/C9H14O2/c1-3-4-8-11-9(2)6-5-7-10/h5-6,9-10H,7-8H2,1-2H3/b6-5+/t9-/m1/s1. The first kappa shape index (κ1) is 10.2. The Bertz CT molecular complexity index is 162. The van der Waals surface area contributed by atoms with Crippen molar-refractivity contribution in [3.63, 3.8) is 0 Å². The van der Waals surface area contributed by atoms with Crippen LogP contribution in [0.5, 0.6) is 0 Å². The summed E-state index contributed by atoms with van der Waals surface area (Å²) in [5.74, 6) is 5.52. The molecule has 0 radical (unpaired) electrons. The number of aliphatic hydroxyl groups excluding tert-OH is 1. The highest BCUT2D eigenvalue weighted by Crippen LogP contribution is 1.90. The monoisotopic (exact) mass is 154 g/mol. The first-order valence-corrected chi connectivity index (χ1v) is 3.60. The summed E-state index contributed by atoms with van der Waals surface area (Å²) in [6.07, 6.45) is 3.49. The van der Waals surface area contributed by atoms with Crippen LogP contribution in [0.25, 0.3) is 0 Å². The van der Waals surface area contributed by atoms with Gasteiger partial charge in [-0.05, 0) is 13.8 Å². The third kappa shape index (κ3) is 7.11. The normalized spacial score (nSPS) is 12.6. The number of hydrogen-bond acceptors (Lipinski definition) is 2. The summed E-state index contributed by atoms with van der Waals surface area (Å²) in [5.41, 5.74) is 0. The molecule has 1 atom stereocenters. The topological polar surface area (TPSA) is 29.5 Å². The van der Waals surface area contributed by atoms with Crippen LogP contribution in [-0.4, -0.2) is 24.4 Å². The Labute approximate surface area is 67.9 Å². The Morgan fingerprint density at radius 2 is 2.36 bits per heavy atom. The van der Waals surface area contributed by atoms with Gasteiger partial charge in [0.05, 0.1) is 12.7 Å². The molecule has 0 spiro atoms. The molecule has 11 heavy (non-hydrogen) atoms. The smallest absolute Gasteiger partial charge is 0.108 e. The second-order valence-corrected chi connectivity index (χ2v) is 2.05. The molecule has 0 aliphatic carbocycles. The van der Waals surface area contributed by atoms with Gasteiger partial charge in [0.15, 0.2) is 0 Å². The number of aliphatic hydroxyl groups is 1. The number of ether oxygens (including phenoxy) is 1. The van der Waals surface area contributed by atoms with E-state index in [1.165, 1.54) is 0 Å². The van der Waals surface area contributed by atoms with E-state index in [1.54, 1.807) is 19.1 Å². The fourth-order valence-corrected chi connectivity index (χ4v) is 0.553. The second-order valence-electron chi connectivity index (χ2n) is 2.05. The molecule has 0 amide bonds. The minimum absolute atomic E-state index is 0.0306. The number of rotatable bonds is 4. The quantitative estimate of drug-likeness (QED) is 0.483. The first-order chi connectivity index (χ1) is 5.31.